The highest BCUT2D eigenvalue weighted by atomic mass is 35.5. The Hall–Kier alpha value is -3.79. The number of hydrogen-bond acceptors (Lipinski definition) is 6. The third-order valence-electron chi connectivity index (χ3n) is 7.58. The maximum absolute atomic E-state index is 12.9. The maximum atomic E-state index is 12.9. The number of nitrogens with one attached hydrogen (secondary N) is 2. The van der Waals surface area contributed by atoms with Crippen molar-refractivity contribution < 1.29 is 23.9 Å². The number of aromatic amines is 1. The van der Waals surface area contributed by atoms with Crippen molar-refractivity contribution in [1.29, 1.82) is 0 Å². The Bertz CT molecular complexity index is 1360. The number of pyridine rings is 1. The molecule has 11 heteroatoms. The van der Waals surface area contributed by atoms with Crippen LogP contribution in [0.4, 0.5) is 4.79 Å². The van der Waals surface area contributed by atoms with Gasteiger partial charge in [0.15, 0.2) is 0 Å². The molecule has 2 aromatic rings. The van der Waals surface area contributed by atoms with Crippen molar-refractivity contribution in [2.24, 2.45) is 5.92 Å². The fourth-order valence-corrected chi connectivity index (χ4v) is 5.33. The highest BCUT2D eigenvalue weighted by Gasteiger charge is 2.61. The van der Waals surface area contributed by atoms with E-state index in [-0.39, 0.29) is 30.0 Å². The van der Waals surface area contributed by atoms with E-state index >= 15 is 0 Å². The molecule has 3 amide bonds. The number of esters is 1. The zero-order valence-electron chi connectivity index (χ0n) is 26.6. The molecule has 0 unspecified atom stereocenters. The van der Waals surface area contributed by atoms with E-state index in [0.29, 0.717) is 42.2 Å². The average Bonchev–Trinajstić information content (AvgIpc) is 3.51. The van der Waals surface area contributed by atoms with E-state index in [4.69, 9.17) is 21.1 Å². The summed E-state index contributed by atoms with van der Waals surface area (Å²) >= 11 is 5.72. The summed E-state index contributed by atoms with van der Waals surface area (Å²) in [4.78, 5) is 55.3. The maximum Gasteiger partial charge on any atom is 0.332 e. The van der Waals surface area contributed by atoms with Gasteiger partial charge in [0, 0.05) is 31.4 Å². The second-order valence-corrected chi connectivity index (χ2v) is 10.9. The molecule has 1 saturated heterocycles. The molecule has 4 rings (SSSR count). The summed E-state index contributed by atoms with van der Waals surface area (Å²) in [6, 6.07) is 6.23. The van der Waals surface area contributed by atoms with Gasteiger partial charge in [-0.15, -0.1) is 13.2 Å². The van der Waals surface area contributed by atoms with E-state index in [2.05, 4.69) is 23.5 Å². The van der Waals surface area contributed by atoms with Gasteiger partial charge in [-0.05, 0) is 75.1 Å². The van der Waals surface area contributed by atoms with Crippen molar-refractivity contribution in [2.75, 3.05) is 33.9 Å². The van der Waals surface area contributed by atoms with Crippen molar-refractivity contribution >= 4 is 40.3 Å². The standard InChI is InChI=1S/C21H33N3O4.C10H8ClNO2.C2H6/c1-5-8-9-10-13-23(4)20(27)24-14-11-12-17(24)18(25)22-21(15-16(21)6-2)19(26)28-7-3;1-14-7-2-3-8-6(4-7)5-9(11)12-10(8)13;1-2/h5-6,16-17H,1-2,7-15H2,3-4H3,(H,22,25);2-5H,1H3,(H,12,13);1-2H3/t16-,17+,21-;;/m1../s1. The molecule has 0 radical (unpaired) electrons. The number of urea groups is 1. The Balaban J connectivity index is 0.000000350. The lowest BCUT2D eigenvalue weighted by atomic mass is 10.1. The minimum atomic E-state index is -1.03. The monoisotopic (exact) mass is 630 g/mol. The molecule has 44 heavy (non-hydrogen) atoms. The number of amides is 3. The molecule has 1 aromatic heterocycles. The zero-order chi connectivity index (χ0) is 32.9. The lowest BCUT2D eigenvalue weighted by Crippen LogP contribution is -2.55. The predicted molar refractivity (Wildman–Crippen MR) is 175 cm³/mol. The smallest absolute Gasteiger partial charge is 0.332 e. The van der Waals surface area contributed by atoms with Crippen LogP contribution in [0.25, 0.3) is 10.8 Å². The molecule has 0 bridgehead atoms. The van der Waals surface area contributed by atoms with Gasteiger partial charge in [-0.3, -0.25) is 9.59 Å². The highest BCUT2D eigenvalue weighted by molar-refractivity contribution is 6.30. The minimum absolute atomic E-state index is 0.131. The number of nitrogens with zero attached hydrogens (tertiary/aromatic N) is 2. The van der Waals surface area contributed by atoms with Crippen LogP contribution < -0.4 is 15.6 Å². The van der Waals surface area contributed by atoms with Gasteiger partial charge in [0.2, 0.25) is 5.91 Å². The number of rotatable bonds is 11. The fourth-order valence-electron chi connectivity index (χ4n) is 5.13. The lowest BCUT2D eigenvalue weighted by molar-refractivity contribution is -0.149. The van der Waals surface area contributed by atoms with Gasteiger partial charge >= 0.3 is 12.0 Å². The molecule has 2 fully saturated rings. The number of fused-ring (bicyclic) bond motifs is 1. The number of halogens is 1. The topological polar surface area (TPSA) is 121 Å². The van der Waals surface area contributed by atoms with Crippen molar-refractivity contribution in [3.05, 3.63) is 65.1 Å². The second kappa shape index (κ2) is 17.5. The van der Waals surface area contributed by atoms with E-state index < -0.39 is 17.6 Å². The first-order valence-electron chi connectivity index (χ1n) is 15.2. The molecule has 10 nitrogen and oxygen atoms in total. The van der Waals surface area contributed by atoms with Crippen LogP contribution in [-0.4, -0.2) is 78.1 Å². The normalized spacial score (nSPS) is 19.8. The Kier molecular flexibility index (Phi) is 14.5. The molecular formula is C33H47ClN4O6. The lowest BCUT2D eigenvalue weighted by Gasteiger charge is -2.30. The van der Waals surface area contributed by atoms with E-state index in [0.717, 1.165) is 31.1 Å². The molecule has 1 aliphatic heterocycles. The molecule has 242 valence electrons. The van der Waals surface area contributed by atoms with E-state index in [1.807, 2.05) is 19.9 Å². The number of unbranched alkanes of at least 4 members (excludes halogenated alkanes) is 2. The number of likely N-dealkylation sites (tertiary alicyclic amines) is 1. The van der Waals surface area contributed by atoms with Gasteiger partial charge < -0.3 is 29.6 Å². The molecule has 2 heterocycles. The number of allylic oxidation sites excluding steroid dienone is 1. The molecule has 1 aliphatic carbocycles. The van der Waals surface area contributed by atoms with Crippen LogP contribution in [0, 0.1) is 5.92 Å². The van der Waals surface area contributed by atoms with Gasteiger partial charge in [0.25, 0.3) is 5.56 Å². The minimum Gasteiger partial charge on any atom is -0.497 e. The predicted octanol–water partition coefficient (Wildman–Crippen LogP) is 5.70. The number of ether oxygens (including phenoxy) is 2. The van der Waals surface area contributed by atoms with Gasteiger partial charge in [-0.25, -0.2) is 9.59 Å². The molecule has 0 spiro atoms. The number of benzene rings is 1. The van der Waals surface area contributed by atoms with Crippen molar-refractivity contribution in [1.82, 2.24) is 20.1 Å². The van der Waals surface area contributed by atoms with Crippen molar-refractivity contribution in [3.63, 3.8) is 0 Å². The summed E-state index contributed by atoms with van der Waals surface area (Å²) < 4.78 is 10.2. The van der Waals surface area contributed by atoms with E-state index in [1.165, 1.54) is 0 Å². The highest BCUT2D eigenvalue weighted by Crippen LogP contribution is 2.45. The van der Waals surface area contributed by atoms with Crippen molar-refractivity contribution in [3.8, 4) is 5.75 Å². The number of H-pyrrole nitrogens is 1. The summed E-state index contributed by atoms with van der Waals surface area (Å²) in [6.07, 6.45) is 8.21. The molecule has 1 aromatic carbocycles. The van der Waals surface area contributed by atoms with Crippen LogP contribution in [0.1, 0.15) is 59.3 Å². The first-order valence-corrected chi connectivity index (χ1v) is 15.6. The third kappa shape index (κ3) is 9.11. The van der Waals surface area contributed by atoms with Gasteiger partial charge in [0.05, 0.1) is 13.7 Å². The Labute approximate surface area is 265 Å². The van der Waals surface area contributed by atoms with Crippen LogP contribution in [0.5, 0.6) is 5.75 Å². The van der Waals surface area contributed by atoms with Crippen LogP contribution >= 0.6 is 11.6 Å². The summed E-state index contributed by atoms with van der Waals surface area (Å²) in [5.41, 5.74) is -1.21. The number of carbonyl (C=O) groups is 3. The summed E-state index contributed by atoms with van der Waals surface area (Å²) in [7, 11) is 3.34. The van der Waals surface area contributed by atoms with Crippen LogP contribution in [-0.2, 0) is 14.3 Å². The molecule has 3 atom stereocenters. The fraction of sp³-hybridized carbons (Fsp3) is 0.515. The van der Waals surface area contributed by atoms with Gasteiger partial charge in [-0.1, -0.05) is 37.6 Å². The quantitative estimate of drug-likeness (QED) is 0.142. The average molecular weight is 631 g/mol. The molecule has 2 aliphatic rings. The number of methoxy groups -OCH3 is 1. The third-order valence-corrected chi connectivity index (χ3v) is 7.79. The van der Waals surface area contributed by atoms with E-state index in [1.54, 1.807) is 61.2 Å². The van der Waals surface area contributed by atoms with Crippen molar-refractivity contribution in [2.45, 2.75) is 70.9 Å². The Morgan fingerprint density at radius 3 is 2.57 bits per heavy atom. The number of carbonyl (C=O) groups excluding carboxylic acids is 3. The Morgan fingerprint density at radius 2 is 1.95 bits per heavy atom. The summed E-state index contributed by atoms with van der Waals surface area (Å²) in [5.74, 6) is -0.139. The summed E-state index contributed by atoms with van der Waals surface area (Å²) in [6.45, 7) is 14.6. The molecule has 2 N–H and O–H groups in total. The van der Waals surface area contributed by atoms with Crippen LogP contribution in [0.15, 0.2) is 54.4 Å². The largest absolute Gasteiger partial charge is 0.497 e. The Morgan fingerprint density at radius 1 is 1.23 bits per heavy atom. The van der Waals surface area contributed by atoms with Gasteiger partial charge in [-0.2, -0.15) is 0 Å². The SMILES string of the molecule is C=CCCCCN(C)C(=O)N1CCC[C@H]1C(=O)N[C@]1(C(=O)OCC)C[C@H]1C=C.CC.COc1ccc2c(=O)[nH]c(Cl)cc2c1. The molecule has 1 saturated carbocycles. The summed E-state index contributed by atoms with van der Waals surface area (Å²) in [5, 5.41) is 4.58. The van der Waals surface area contributed by atoms with Gasteiger partial charge in [0.1, 0.15) is 22.5 Å². The zero-order valence-corrected chi connectivity index (χ0v) is 27.4. The van der Waals surface area contributed by atoms with E-state index in [9.17, 15) is 19.2 Å². The van der Waals surface area contributed by atoms with Crippen LogP contribution in [0.3, 0.4) is 0 Å². The first-order chi connectivity index (χ1) is 21.1. The first kappa shape index (κ1) is 36.4. The van der Waals surface area contributed by atoms with Crippen LogP contribution in [0.2, 0.25) is 5.15 Å². The second-order valence-electron chi connectivity index (χ2n) is 10.5. The number of hydrogen-bond donors (Lipinski definition) is 2. The number of aromatic nitrogens is 1. The molecular weight excluding hydrogens is 584 g/mol.